The zero-order valence-corrected chi connectivity index (χ0v) is 13.7. The van der Waals surface area contributed by atoms with Crippen molar-refractivity contribution in [3.8, 4) is 0 Å². The van der Waals surface area contributed by atoms with Crippen LogP contribution < -0.4 is 5.32 Å². The number of carbonyl (C=O) groups excluding carboxylic acids is 1. The molecule has 1 aromatic carbocycles. The molecule has 0 unspecified atom stereocenters. The van der Waals surface area contributed by atoms with Crippen LogP contribution in [-0.4, -0.2) is 22.1 Å². The standard InChI is InChI=1S/C17H20N2O4/c1-9-7-10(2)15(8-14(9)17(21)22)18-16(20)6-5-13-11(3)19-23-12(13)4/h7-8H,5-6H2,1-4H3,(H,18,20)(H,21,22). The summed E-state index contributed by atoms with van der Waals surface area (Å²) in [5, 5.41) is 15.8. The Labute approximate surface area is 134 Å². The molecule has 0 spiro atoms. The quantitative estimate of drug-likeness (QED) is 0.883. The molecule has 0 radical (unpaired) electrons. The van der Waals surface area contributed by atoms with Crippen molar-refractivity contribution in [2.75, 3.05) is 5.32 Å². The topological polar surface area (TPSA) is 92.4 Å². The van der Waals surface area contributed by atoms with Gasteiger partial charge in [0.25, 0.3) is 0 Å². The summed E-state index contributed by atoms with van der Waals surface area (Å²) in [7, 11) is 0. The molecule has 2 N–H and O–H groups in total. The van der Waals surface area contributed by atoms with E-state index in [2.05, 4.69) is 10.5 Å². The van der Waals surface area contributed by atoms with Crippen molar-refractivity contribution in [1.29, 1.82) is 0 Å². The van der Waals surface area contributed by atoms with Gasteiger partial charge in [0.1, 0.15) is 5.76 Å². The lowest BCUT2D eigenvalue weighted by Crippen LogP contribution is -2.14. The lowest BCUT2D eigenvalue weighted by Gasteiger charge is -2.11. The van der Waals surface area contributed by atoms with Gasteiger partial charge >= 0.3 is 5.97 Å². The molecule has 122 valence electrons. The van der Waals surface area contributed by atoms with E-state index in [0.717, 1.165) is 22.6 Å². The molecule has 0 aliphatic heterocycles. The Morgan fingerprint density at radius 3 is 2.43 bits per heavy atom. The number of aromatic carboxylic acids is 1. The van der Waals surface area contributed by atoms with Gasteiger partial charge in [-0.15, -0.1) is 0 Å². The van der Waals surface area contributed by atoms with Crippen LogP contribution in [0, 0.1) is 27.7 Å². The van der Waals surface area contributed by atoms with Gasteiger partial charge in [0.2, 0.25) is 5.91 Å². The van der Waals surface area contributed by atoms with Crippen molar-refractivity contribution < 1.29 is 19.2 Å². The van der Waals surface area contributed by atoms with E-state index in [9.17, 15) is 14.7 Å². The van der Waals surface area contributed by atoms with E-state index in [1.54, 1.807) is 13.0 Å². The maximum absolute atomic E-state index is 12.1. The first-order valence-electron chi connectivity index (χ1n) is 7.35. The van der Waals surface area contributed by atoms with Crippen molar-refractivity contribution >= 4 is 17.6 Å². The molecule has 2 rings (SSSR count). The highest BCUT2D eigenvalue weighted by atomic mass is 16.5. The minimum absolute atomic E-state index is 0.173. The molecule has 0 saturated carbocycles. The minimum Gasteiger partial charge on any atom is -0.478 e. The Hall–Kier alpha value is -2.63. The van der Waals surface area contributed by atoms with Crippen LogP contribution in [0.2, 0.25) is 0 Å². The van der Waals surface area contributed by atoms with Gasteiger partial charge in [0, 0.05) is 17.7 Å². The highest BCUT2D eigenvalue weighted by Gasteiger charge is 2.14. The molecule has 0 aliphatic rings. The van der Waals surface area contributed by atoms with Gasteiger partial charge in [0.15, 0.2) is 0 Å². The van der Waals surface area contributed by atoms with Gasteiger partial charge in [-0.2, -0.15) is 0 Å². The molecule has 23 heavy (non-hydrogen) atoms. The first kappa shape index (κ1) is 16.7. The van der Waals surface area contributed by atoms with Gasteiger partial charge in [-0.3, -0.25) is 4.79 Å². The minimum atomic E-state index is -1.01. The molecule has 0 fully saturated rings. The SMILES string of the molecule is Cc1cc(C)c(C(=O)O)cc1NC(=O)CCc1c(C)noc1C. The van der Waals surface area contributed by atoms with Crippen LogP contribution in [0.1, 0.15) is 44.9 Å². The molecule has 6 heteroatoms. The third kappa shape index (κ3) is 3.77. The highest BCUT2D eigenvalue weighted by Crippen LogP contribution is 2.21. The van der Waals surface area contributed by atoms with E-state index >= 15 is 0 Å². The van der Waals surface area contributed by atoms with Crippen molar-refractivity contribution in [3.05, 3.63) is 45.8 Å². The number of aryl methyl sites for hydroxylation is 4. The van der Waals surface area contributed by atoms with Crippen LogP contribution in [0.15, 0.2) is 16.7 Å². The van der Waals surface area contributed by atoms with Crippen molar-refractivity contribution in [1.82, 2.24) is 5.16 Å². The van der Waals surface area contributed by atoms with E-state index in [1.807, 2.05) is 20.8 Å². The zero-order valence-electron chi connectivity index (χ0n) is 13.7. The van der Waals surface area contributed by atoms with Gasteiger partial charge < -0.3 is 14.9 Å². The molecule has 1 aromatic heterocycles. The van der Waals surface area contributed by atoms with Crippen LogP contribution in [0.5, 0.6) is 0 Å². The molecule has 0 saturated heterocycles. The number of rotatable bonds is 5. The molecular formula is C17H20N2O4. The van der Waals surface area contributed by atoms with Crippen LogP contribution in [0.25, 0.3) is 0 Å². The number of carboxylic acids is 1. The average Bonchev–Trinajstić information content (AvgIpc) is 2.78. The maximum Gasteiger partial charge on any atom is 0.336 e. The van der Waals surface area contributed by atoms with Crippen LogP contribution >= 0.6 is 0 Å². The van der Waals surface area contributed by atoms with Crippen molar-refractivity contribution in [2.24, 2.45) is 0 Å². The Balaban J connectivity index is 2.08. The van der Waals surface area contributed by atoms with Crippen LogP contribution in [-0.2, 0) is 11.2 Å². The Kier molecular flexibility index (Phi) is 4.83. The maximum atomic E-state index is 12.1. The Morgan fingerprint density at radius 1 is 1.17 bits per heavy atom. The summed E-state index contributed by atoms with van der Waals surface area (Å²) in [6.45, 7) is 7.23. The summed E-state index contributed by atoms with van der Waals surface area (Å²) >= 11 is 0. The monoisotopic (exact) mass is 316 g/mol. The van der Waals surface area contributed by atoms with E-state index in [0.29, 0.717) is 17.7 Å². The van der Waals surface area contributed by atoms with Crippen LogP contribution in [0.3, 0.4) is 0 Å². The number of nitrogens with one attached hydrogen (secondary N) is 1. The van der Waals surface area contributed by atoms with Gasteiger partial charge in [-0.1, -0.05) is 11.2 Å². The third-order valence-electron chi connectivity index (χ3n) is 3.86. The predicted molar refractivity (Wildman–Crippen MR) is 85.8 cm³/mol. The molecule has 1 amide bonds. The fourth-order valence-corrected chi connectivity index (χ4v) is 2.53. The van der Waals surface area contributed by atoms with E-state index in [1.165, 1.54) is 6.07 Å². The summed E-state index contributed by atoms with van der Waals surface area (Å²) in [6.07, 6.45) is 0.808. The van der Waals surface area contributed by atoms with Crippen LogP contribution in [0.4, 0.5) is 5.69 Å². The number of benzene rings is 1. The third-order valence-corrected chi connectivity index (χ3v) is 3.86. The molecule has 0 aliphatic carbocycles. The summed E-state index contributed by atoms with van der Waals surface area (Å²) in [4.78, 5) is 23.3. The summed E-state index contributed by atoms with van der Waals surface area (Å²) in [6, 6.07) is 3.26. The average molecular weight is 316 g/mol. The zero-order chi connectivity index (χ0) is 17.1. The first-order valence-corrected chi connectivity index (χ1v) is 7.35. The number of carbonyl (C=O) groups is 2. The first-order chi connectivity index (χ1) is 10.8. The van der Waals surface area contributed by atoms with Gasteiger partial charge in [-0.05, 0) is 51.3 Å². The van der Waals surface area contributed by atoms with E-state index in [-0.39, 0.29) is 17.9 Å². The second-order valence-corrected chi connectivity index (χ2v) is 5.64. The Morgan fingerprint density at radius 2 is 1.87 bits per heavy atom. The predicted octanol–water partition coefficient (Wildman–Crippen LogP) is 3.18. The summed E-state index contributed by atoms with van der Waals surface area (Å²) in [5.74, 6) is -0.461. The molecule has 0 atom stereocenters. The normalized spacial score (nSPS) is 10.6. The fourth-order valence-electron chi connectivity index (χ4n) is 2.53. The number of hydrogen-bond acceptors (Lipinski definition) is 4. The number of hydrogen-bond donors (Lipinski definition) is 2. The number of amides is 1. The molecule has 2 aromatic rings. The van der Waals surface area contributed by atoms with E-state index in [4.69, 9.17) is 4.52 Å². The fraction of sp³-hybridized carbons (Fsp3) is 0.353. The van der Waals surface area contributed by atoms with Gasteiger partial charge in [-0.25, -0.2) is 4.79 Å². The summed E-state index contributed by atoms with van der Waals surface area (Å²) in [5.41, 5.74) is 3.94. The lowest BCUT2D eigenvalue weighted by molar-refractivity contribution is -0.116. The smallest absolute Gasteiger partial charge is 0.336 e. The second kappa shape index (κ2) is 6.64. The number of nitrogens with zero attached hydrogens (tertiary/aromatic N) is 1. The molecule has 0 bridgehead atoms. The lowest BCUT2D eigenvalue weighted by atomic mass is 10.0. The van der Waals surface area contributed by atoms with Crippen molar-refractivity contribution in [3.63, 3.8) is 0 Å². The summed E-state index contributed by atoms with van der Waals surface area (Å²) < 4.78 is 5.07. The largest absolute Gasteiger partial charge is 0.478 e. The Bertz CT molecular complexity index is 743. The van der Waals surface area contributed by atoms with Crippen molar-refractivity contribution in [2.45, 2.75) is 40.5 Å². The molecule has 1 heterocycles. The highest BCUT2D eigenvalue weighted by molar-refractivity contribution is 5.95. The molecule has 6 nitrogen and oxygen atoms in total. The number of carboxylic acid groups (broad SMARTS) is 1. The van der Waals surface area contributed by atoms with E-state index < -0.39 is 5.97 Å². The molecular weight excluding hydrogens is 296 g/mol. The second-order valence-electron chi connectivity index (χ2n) is 5.64. The number of anilines is 1. The van der Waals surface area contributed by atoms with Gasteiger partial charge in [0.05, 0.1) is 11.3 Å². The number of aromatic nitrogens is 1.